The summed E-state index contributed by atoms with van der Waals surface area (Å²) in [6, 6.07) is 18.8. The minimum atomic E-state index is -0.479. The molecule has 2 aliphatic rings. The third-order valence-corrected chi connectivity index (χ3v) is 7.13. The molecule has 166 valence electrons. The molecular formula is C25H32BrN3O2. The molecule has 0 aromatic heterocycles. The van der Waals surface area contributed by atoms with Gasteiger partial charge in [0.05, 0.1) is 5.41 Å². The van der Waals surface area contributed by atoms with E-state index in [9.17, 15) is 4.79 Å². The van der Waals surface area contributed by atoms with Crippen molar-refractivity contribution in [1.29, 1.82) is 0 Å². The number of nitrogens with zero attached hydrogens (tertiary/aromatic N) is 2. The number of halogens is 1. The molecule has 2 fully saturated rings. The Morgan fingerprint density at radius 1 is 0.935 bits per heavy atom. The lowest BCUT2D eigenvalue weighted by Gasteiger charge is -2.37. The molecule has 1 N–H and O–H groups in total. The summed E-state index contributed by atoms with van der Waals surface area (Å²) in [4.78, 5) is 18.3. The maximum Gasteiger partial charge on any atom is 0.230 e. The Morgan fingerprint density at radius 2 is 1.58 bits per heavy atom. The number of amides is 1. The van der Waals surface area contributed by atoms with Crippen LogP contribution in [-0.4, -0.2) is 68.2 Å². The molecule has 0 bridgehead atoms. The second-order valence-electron chi connectivity index (χ2n) is 8.56. The number of carbonyl (C=O) groups is 1. The Morgan fingerprint density at radius 3 is 2.26 bits per heavy atom. The monoisotopic (exact) mass is 485 g/mol. The van der Waals surface area contributed by atoms with Crippen LogP contribution in [0.1, 0.15) is 24.0 Å². The van der Waals surface area contributed by atoms with Crippen LogP contribution in [0.4, 0.5) is 0 Å². The van der Waals surface area contributed by atoms with E-state index in [1.165, 1.54) is 5.56 Å². The molecular weight excluding hydrogens is 454 g/mol. The minimum absolute atomic E-state index is 0.140. The summed E-state index contributed by atoms with van der Waals surface area (Å²) in [6.07, 6.45) is 1.47. The largest absolute Gasteiger partial charge is 0.381 e. The molecule has 0 radical (unpaired) electrons. The molecule has 5 nitrogen and oxygen atoms in total. The zero-order chi connectivity index (χ0) is 21.5. The predicted octanol–water partition coefficient (Wildman–Crippen LogP) is 3.43. The molecule has 1 amide bonds. The summed E-state index contributed by atoms with van der Waals surface area (Å²) in [5, 5.41) is 3.24. The molecule has 4 rings (SSSR count). The first-order valence-corrected chi connectivity index (χ1v) is 12.1. The first-order valence-electron chi connectivity index (χ1n) is 11.3. The van der Waals surface area contributed by atoms with Crippen LogP contribution in [-0.2, 0) is 21.5 Å². The van der Waals surface area contributed by atoms with Gasteiger partial charge in [-0.15, -0.1) is 0 Å². The highest BCUT2D eigenvalue weighted by Gasteiger charge is 2.41. The van der Waals surface area contributed by atoms with Gasteiger partial charge in [-0.1, -0.05) is 58.4 Å². The number of carbonyl (C=O) groups excluding carboxylic acids is 1. The molecule has 2 aromatic rings. The van der Waals surface area contributed by atoms with Crippen molar-refractivity contribution in [2.75, 3.05) is 52.5 Å². The van der Waals surface area contributed by atoms with Gasteiger partial charge in [0.1, 0.15) is 0 Å². The molecule has 0 aliphatic carbocycles. The van der Waals surface area contributed by atoms with Crippen molar-refractivity contribution in [2.24, 2.45) is 0 Å². The lowest BCUT2D eigenvalue weighted by atomic mass is 9.73. The Bertz CT molecular complexity index is 830. The number of hydrogen-bond acceptors (Lipinski definition) is 4. The standard InChI is InChI=1S/C25H32BrN3O2/c26-23-8-6-22(7-9-23)25(10-18-31-19-11-25)24(30)27-12-13-28-14-16-29(17-15-28)20-21-4-2-1-3-5-21/h1-9H,10-20H2,(H,27,30). The number of piperazine rings is 1. The smallest absolute Gasteiger partial charge is 0.230 e. The number of nitrogens with one attached hydrogen (secondary N) is 1. The molecule has 0 atom stereocenters. The van der Waals surface area contributed by atoms with Crippen LogP contribution in [0.25, 0.3) is 0 Å². The van der Waals surface area contributed by atoms with Crippen molar-refractivity contribution >= 4 is 21.8 Å². The van der Waals surface area contributed by atoms with E-state index in [4.69, 9.17) is 4.74 Å². The van der Waals surface area contributed by atoms with E-state index in [1.807, 2.05) is 12.1 Å². The Balaban J connectivity index is 1.26. The van der Waals surface area contributed by atoms with Crippen molar-refractivity contribution in [3.63, 3.8) is 0 Å². The zero-order valence-electron chi connectivity index (χ0n) is 18.1. The van der Waals surface area contributed by atoms with E-state index in [0.717, 1.165) is 62.1 Å². The average molecular weight is 486 g/mol. The first-order chi connectivity index (χ1) is 15.2. The highest BCUT2D eigenvalue weighted by Crippen LogP contribution is 2.35. The van der Waals surface area contributed by atoms with Gasteiger partial charge in [-0.2, -0.15) is 0 Å². The van der Waals surface area contributed by atoms with Crippen LogP contribution in [0, 0.1) is 0 Å². The topological polar surface area (TPSA) is 44.8 Å². The summed E-state index contributed by atoms with van der Waals surface area (Å²) in [7, 11) is 0. The predicted molar refractivity (Wildman–Crippen MR) is 127 cm³/mol. The zero-order valence-corrected chi connectivity index (χ0v) is 19.6. The van der Waals surface area contributed by atoms with Gasteiger partial charge in [0.25, 0.3) is 0 Å². The Labute approximate surface area is 193 Å². The molecule has 31 heavy (non-hydrogen) atoms. The normalized spacial score (nSPS) is 19.8. The molecule has 0 saturated carbocycles. The Hall–Kier alpha value is -1.73. The van der Waals surface area contributed by atoms with Crippen molar-refractivity contribution in [3.05, 3.63) is 70.2 Å². The van der Waals surface area contributed by atoms with Crippen LogP contribution in [0.3, 0.4) is 0 Å². The van der Waals surface area contributed by atoms with E-state index in [2.05, 4.69) is 73.5 Å². The number of hydrogen-bond donors (Lipinski definition) is 1. The van der Waals surface area contributed by atoms with Crippen molar-refractivity contribution in [2.45, 2.75) is 24.8 Å². The lowest BCUT2D eigenvalue weighted by Crippen LogP contribution is -2.51. The summed E-state index contributed by atoms with van der Waals surface area (Å²) in [6.45, 7) is 8.12. The first kappa shape index (κ1) is 22.5. The van der Waals surface area contributed by atoms with Gasteiger partial charge in [0.2, 0.25) is 5.91 Å². The van der Waals surface area contributed by atoms with Crippen LogP contribution in [0.5, 0.6) is 0 Å². The molecule has 2 aromatic carbocycles. The van der Waals surface area contributed by atoms with E-state index >= 15 is 0 Å². The summed E-state index contributed by atoms with van der Waals surface area (Å²) in [5.41, 5.74) is 1.98. The summed E-state index contributed by atoms with van der Waals surface area (Å²) in [5.74, 6) is 0.140. The fourth-order valence-corrected chi connectivity index (χ4v) is 4.91. The van der Waals surface area contributed by atoms with Crippen LogP contribution in [0.15, 0.2) is 59.1 Å². The highest BCUT2D eigenvalue weighted by atomic mass is 79.9. The van der Waals surface area contributed by atoms with Gasteiger partial charge in [0, 0.05) is 63.5 Å². The van der Waals surface area contributed by atoms with Crippen molar-refractivity contribution in [3.8, 4) is 0 Å². The van der Waals surface area contributed by atoms with Gasteiger partial charge in [-0.3, -0.25) is 14.6 Å². The lowest BCUT2D eigenvalue weighted by molar-refractivity contribution is -0.130. The maximum absolute atomic E-state index is 13.3. The number of benzene rings is 2. The second-order valence-corrected chi connectivity index (χ2v) is 9.48. The molecule has 0 spiro atoms. The number of ether oxygens (including phenoxy) is 1. The third-order valence-electron chi connectivity index (χ3n) is 6.61. The molecule has 2 aliphatic heterocycles. The molecule has 2 heterocycles. The van der Waals surface area contributed by atoms with E-state index in [0.29, 0.717) is 19.8 Å². The molecule has 2 saturated heterocycles. The molecule has 6 heteroatoms. The van der Waals surface area contributed by atoms with Crippen LogP contribution in [0.2, 0.25) is 0 Å². The maximum atomic E-state index is 13.3. The third kappa shape index (κ3) is 5.75. The number of rotatable bonds is 7. The van der Waals surface area contributed by atoms with Crippen LogP contribution < -0.4 is 5.32 Å². The van der Waals surface area contributed by atoms with Gasteiger partial charge in [-0.25, -0.2) is 0 Å². The van der Waals surface area contributed by atoms with Gasteiger partial charge >= 0.3 is 0 Å². The van der Waals surface area contributed by atoms with Crippen molar-refractivity contribution in [1.82, 2.24) is 15.1 Å². The van der Waals surface area contributed by atoms with Crippen LogP contribution >= 0.6 is 15.9 Å². The SMILES string of the molecule is O=C(NCCN1CCN(Cc2ccccc2)CC1)C1(c2ccc(Br)cc2)CCOCC1. The van der Waals surface area contributed by atoms with Gasteiger partial charge in [0.15, 0.2) is 0 Å². The minimum Gasteiger partial charge on any atom is -0.381 e. The summed E-state index contributed by atoms with van der Waals surface area (Å²) >= 11 is 3.50. The molecule has 0 unspecified atom stereocenters. The van der Waals surface area contributed by atoms with E-state index in [-0.39, 0.29) is 5.91 Å². The highest BCUT2D eigenvalue weighted by molar-refractivity contribution is 9.10. The van der Waals surface area contributed by atoms with E-state index < -0.39 is 5.41 Å². The van der Waals surface area contributed by atoms with Gasteiger partial charge < -0.3 is 10.1 Å². The second kappa shape index (κ2) is 10.7. The quantitative estimate of drug-likeness (QED) is 0.652. The fourth-order valence-electron chi connectivity index (χ4n) is 4.64. The van der Waals surface area contributed by atoms with E-state index in [1.54, 1.807) is 0 Å². The average Bonchev–Trinajstić information content (AvgIpc) is 2.82. The van der Waals surface area contributed by atoms with Crippen molar-refractivity contribution < 1.29 is 9.53 Å². The Kier molecular flexibility index (Phi) is 7.77. The fraction of sp³-hybridized carbons (Fsp3) is 0.480. The van der Waals surface area contributed by atoms with Gasteiger partial charge in [-0.05, 0) is 36.1 Å². The summed E-state index contributed by atoms with van der Waals surface area (Å²) < 4.78 is 6.60.